The minimum atomic E-state index is -1.59. The van der Waals surface area contributed by atoms with Gasteiger partial charge in [0.15, 0.2) is 0 Å². The molecule has 0 radical (unpaired) electrons. The van der Waals surface area contributed by atoms with Gasteiger partial charge in [-0.05, 0) is 66.2 Å². The fraction of sp³-hybridized carbons (Fsp3) is 0.0286. The van der Waals surface area contributed by atoms with Crippen molar-refractivity contribution in [3.63, 3.8) is 0 Å². The van der Waals surface area contributed by atoms with Gasteiger partial charge in [0, 0.05) is 4.90 Å². The number of hydrogen-bond acceptors (Lipinski definition) is 4. The monoisotopic (exact) mass is 562 g/mol. The smallest absolute Gasteiger partial charge is 0.409 e. The minimum absolute atomic E-state index is 0.709. The van der Waals surface area contributed by atoms with Crippen molar-refractivity contribution in [3.05, 3.63) is 169 Å². The van der Waals surface area contributed by atoms with Crippen LogP contribution in [0.2, 0.25) is 0 Å². The molecule has 6 aromatic rings. The lowest BCUT2D eigenvalue weighted by molar-refractivity contribution is 0.388. The lowest BCUT2D eigenvalue weighted by Gasteiger charge is -2.17. The highest BCUT2D eigenvalue weighted by Crippen LogP contribution is 2.41. The van der Waals surface area contributed by atoms with E-state index in [2.05, 4.69) is 62.0 Å². The van der Waals surface area contributed by atoms with E-state index in [1.165, 1.54) is 16.3 Å². The molecule has 0 aliphatic rings. The van der Waals surface area contributed by atoms with Crippen molar-refractivity contribution >= 4 is 32.0 Å². The molecule has 6 rings (SSSR count). The molecular weight excluding hydrogens is 531 g/mol. The maximum atomic E-state index is 5.84. The Morgan fingerprint density at radius 1 is 0.425 bits per heavy atom. The fourth-order valence-corrected chi connectivity index (χ4v) is 4.66. The second-order valence-corrected chi connectivity index (χ2v) is 10.1. The van der Waals surface area contributed by atoms with Crippen LogP contribution >= 0.6 is 21.2 Å². The summed E-state index contributed by atoms with van der Waals surface area (Å²) in [5, 5.41) is 2.64. The van der Waals surface area contributed by atoms with Crippen molar-refractivity contribution in [2.24, 2.45) is 0 Å². The van der Waals surface area contributed by atoms with Gasteiger partial charge in [0.2, 0.25) is 0 Å². The van der Waals surface area contributed by atoms with E-state index in [0.717, 1.165) is 4.90 Å². The minimum Gasteiger partial charge on any atom is -0.409 e. The van der Waals surface area contributed by atoms with Crippen LogP contribution in [-0.2, 0) is 0 Å². The third-order valence-electron chi connectivity index (χ3n) is 5.43. The zero-order chi connectivity index (χ0) is 27.8. The van der Waals surface area contributed by atoms with E-state index in [1.54, 1.807) is 0 Å². The molecule has 0 N–H and O–H groups in total. The number of thiol groups is 1. The Balaban J connectivity index is 0.000000168. The number of para-hydroxylation sites is 3. The van der Waals surface area contributed by atoms with Crippen LogP contribution in [0.1, 0.15) is 5.56 Å². The van der Waals surface area contributed by atoms with E-state index < -0.39 is 8.60 Å². The molecule has 3 nitrogen and oxygen atoms in total. The summed E-state index contributed by atoms with van der Waals surface area (Å²) in [6.07, 6.45) is 0. The van der Waals surface area contributed by atoms with E-state index in [1.807, 2.05) is 121 Å². The second kappa shape index (κ2) is 16.0. The first-order valence-corrected chi connectivity index (χ1v) is 14.4. The number of fused-ring (bicyclic) bond motifs is 1. The Morgan fingerprint density at radius 2 is 0.800 bits per heavy atom. The molecule has 0 aliphatic heterocycles. The quantitative estimate of drug-likeness (QED) is 0.162. The molecule has 5 heteroatoms. The lowest BCUT2D eigenvalue weighted by Crippen LogP contribution is -2.02. The molecule has 0 atom stereocenters. The molecule has 0 saturated heterocycles. The van der Waals surface area contributed by atoms with Gasteiger partial charge in [-0.15, -0.1) is 12.6 Å². The van der Waals surface area contributed by atoms with Crippen molar-refractivity contribution in [3.8, 4) is 17.2 Å². The average Bonchev–Trinajstić information content (AvgIpc) is 3.00. The first kappa shape index (κ1) is 28.8. The van der Waals surface area contributed by atoms with Gasteiger partial charge in [-0.3, -0.25) is 0 Å². The summed E-state index contributed by atoms with van der Waals surface area (Å²) in [7, 11) is -1.59. The van der Waals surface area contributed by atoms with E-state index in [0.29, 0.717) is 17.2 Å². The van der Waals surface area contributed by atoms with Crippen molar-refractivity contribution in [2.45, 2.75) is 11.8 Å². The Bertz CT molecular complexity index is 1430. The highest BCUT2D eigenvalue weighted by atomic mass is 32.1. The molecule has 0 aliphatic carbocycles. The maximum Gasteiger partial charge on any atom is 0.530 e. The fourth-order valence-electron chi connectivity index (χ4n) is 3.49. The van der Waals surface area contributed by atoms with Crippen LogP contribution in [0.3, 0.4) is 0 Å². The Morgan fingerprint density at radius 3 is 1.20 bits per heavy atom. The van der Waals surface area contributed by atoms with E-state index in [-0.39, 0.29) is 0 Å². The standard InChI is InChI=1S/C18H15O3P.C11H10.C6H6S/c1-4-10-16(11-5-1)19-22(20-17-12-6-2-7-13-17)21-18-14-8-3-9-15-18;1-9-6-7-10-4-2-3-5-11(10)8-9;7-6-4-2-1-3-5-6/h1-15H;2-8H,1H3;1-5,7H. The molecule has 0 aromatic heterocycles. The van der Waals surface area contributed by atoms with Crippen LogP contribution in [0.4, 0.5) is 0 Å². The van der Waals surface area contributed by atoms with E-state index in [4.69, 9.17) is 13.6 Å². The van der Waals surface area contributed by atoms with Crippen molar-refractivity contribution in [1.29, 1.82) is 0 Å². The summed E-state index contributed by atoms with van der Waals surface area (Å²) < 4.78 is 17.5. The Labute approximate surface area is 243 Å². The third kappa shape index (κ3) is 10.1. The van der Waals surface area contributed by atoms with Gasteiger partial charge in [0.1, 0.15) is 17.2 Å². The SMILES string of the molecule is Cc1ccc2ccccc2c1.Sc1ccccc1.c1ccc(OP(Oc2ccccc2)Oc2ccccc2)cc1. The third-order valence-corrected chi connectivity index (χ3v) is 6.81. The van der Waals surface area contributed by atoms with Crippen molar-refractivity contribution in [2.75, 3.05) is 0 Å². The predicted molar refractivity (Wildman–Crippen MR) is 171 cm³/mol. The first-order chi connectivity index (χ1) is 19.7. The van der Waals surface area contributed by atoms with Gasteiger partial charge in [0.25, 0.3) is 0 Å². The molecule has 40 heavy (non-hydrogen) atoms. The Kier molecular flexibility index (Phi) is 11.5. The van der Waals surface area contributed by atoms with Gasteiger partial charge in [-0.1, -0.05) is 121 Å². The number of rotatable bonds is 6. The lowest BCUT2D eigenvalue weighted by atomic mass is 10.1. The summed E-state index contributed by atoms with van der Waals surface area (Å²) in [5.74, 6) is 2.13. The van der Waals surface area contributed by atoms with Crippen LogP contribution in [-0.4, -0.2) is 0 Å². The van der Waals surface area contributed by atoms with Crippen LogP contribution < -0.4 is 13.6 Å². The molecule has 0 fully saturated rings. The van der Waals surface area contributed by atoms with Gasteiger partial charge in [0.05, 0.1) is 0 Å². The molecule has 0 bridgehead atoms. The summed E-state index contributed by atoms with van der Waals surface area (Å²) in [4.78, 5) is 1.02. The highest BCUT2D eigenvalue weighted by molar-refractivity contribution is 7.80. The summed E-state index contributed by atoms with van der Waals surface area (Å²) in [5.41, 5.74) is 1.32. The highest BCUT2D eigenvalue weighted by Gasteiger charge is 2.19. The Hall–Kier alpha value is -4.24. The zero-order valence-corrected chi connectivity index (χ0v) is 24.0. The van der Waals surface area contributed by atoms with Crippen molar-refractivity contribution < 1.29 is 13.6 Å². The molecule has 6 aromatic carbocycles. The van der Waals surface area contributed by atoms with Crippen LogP contribution in [0.15, 0.2) is 169 Å². The largest absolute Gasteiger partial charge is 0.530 e. The van der Waals surface area contributed by atoms with Gasteiger partial charge >= 0.3 is 8.60 Å². The molecule has 0 spiro atoms. The van der Waals surface area contributed by atoms with Gasteiger partial charge < -0.3 is 13.6 Å². The van der Waals surface area contributed by atoms with E-state index in [9.17, 15) is 0 Å². The predicted octanol–water partition coefficient (Wildman–Crippen LogP) is 10.6. The molecule has 200 valence electrons. The first-order valence-electron chi connectivity index (χ1n) is 12.8. The molecule has 0 heterocycles. The van der Waals surface area contributed by atoms with Gasteiger partial charge in [-0.2, -0.15) is 0 Å². The van der Waals surface area contributed by atoms with Crippen molar-refractivity contribution in [1.82, 2.24) is 0 Å². The molecule has 0 unspecified atom stereocenters. The summed E-state index contributed by atoms with van der Waals surface area (Å²) in [6, 6.07) is 53.2. The number of benzene rings is 6. The van der Waals surface area contributed by atoms with Crippen LogP contribution in [0.25, 0.3) is 10.8 Å². The normalized spacial score (nSPS) is 9.97. The second-order valence-electron chi connectivity index (χ2n) is 8.62. The molecule has 0 saturated carbocycles. The maximum absolute atomic E-state index is 5.84. The zero-order valence-electron chi connectivity index (χ0n) is 22.2. The topological polar surface area (TPSA) is 27.7 Å². The molecule has 0 amide bonds. The summed E-state index contributed by atoms with van der Waals surface area (Å²) in [6.45, 7) is 2.12. The van der Waals surface area contributed by atoms with E-state index >= 15 is 0 Å². The molecular formula is C35H31O3PS. The van der Waals surface area contributed by atoms with Gasteiger partial charge in [-0.25, -0.2) is 0 Å². The van der Waals surface area contributed by atoms with Crippen LogP contribution in [0, 0.1) is 6.92 Å². The van der Waals surface area contributed by atoms with Crippen LogP contribution in [0.5, 0.6) is 17.2 Å². The average molecular weight is 563 g/mol. The number of aryl methyl sites for hydroxylation is 1. The summed E-state index contributed by atoms with van der Waals surface area (Å²) >= 11 is 4.08. The number of hydrogen-bond donors (Lipinski definition) is 1.